The lowest BCUT2D eigenvalue weighted by Crippen LogP contribution is -2.36. The lowest BCUT2D eigenvalue weighted by molar-refractivity contribution is 0.174. The standard InChI is InChI=1S/C18H20ClN3O3/c1-22(2)15(12-6-7-16-17(8-12)25-11-24-16)10-20-18(23)21-14-5-3-4-13(19)9-14/h3-9,15H,10-11H2,1-2H3,(H2,20,21,23). The zero-order valence-corrected chi connectivity index (χ0v) is 14.8. The van der Waals surface area contributed by atoms with Crippen LogP contribution in [0.1, 0.15) is 11.6 Å². The summed E-state index contributed by atoms with van der Waals surface area (Å²) in [5.74, 6) is 1.47. The molecule has 3 rings (SSSR count). The highest BCUT2D eigenvalue weighted by Gasteiger charge is 2.20. The lowest BCUT2D eigenvalue weighted by atomic mass is 10.1. The Balaban J connectivity index is 1.63. The number of fused-ring (bicyclic) bond motifs is 1. The van der Waals surface area contributed by atoms with Gasteiger partial charge in [0.05, 0.1) is 6.04 Å². The molecule has 25 heavy (non-hydrogen) atoms. The van der Waals surface area contributed by atoms with Crippen LogP contribution < -0.4 is 20.1 Å². The number of hydrogen-bond acceptors (Lipinski definition) is 4. The van der Waals surface area contributed by atoms with E-state index >= 15 is 0 Å². The maximum atomic E-state index is 12.1. The number of hydrogen-bond donors (Lipinski definition) is 2. The van der Waals surface area contributed by atoms with Crippen LogP contribution in [0.4, 0.5) is 10.5 Å². The third-order valence-electron chi connectivity index (χ3n) is 3.94. The third-order valence-corrected chi connectivity index (χ3v) is 4.18. The van der Waals surface area contributed by atoms with Crippen molar-refractivity contribution in [3.05, 3.63) is 53.1 Å². The molecule has 2 N–H and O–H groups in total. The maximum absolute atomic E-state index is 12.1. The topological polar surface area (TPSA) is 62.8 Å². The number of carbonyl (C=O) groups excluding carboxylic acids is 1. The predicted octanol–water partition coefficient (Wildman–Crippen LogP) is 3.49. The minimum absolute atomic E-state index is 0.000360. The van der Waals surface area contributed by atoms with E-state index in [0.29, 0.717) is 17.3 Å². The van der Waals surface area contributed by atoms with Gasteiger partial charge in [0.25, 0.3) is 0 Å². The van der Waals surface area contributed by atoms with E-state index in [0.717, 1.165) is 17.1 Å². The molecular weight excluding hydrogens is 342 g/mol. The third kappa shape index (κ3) is 4.35. The van der Waals surface area contributed by atoms with E-state index in [1.807, 2.05) is 37.2 Å². The fourth-order valence-electron chi connectivity index (χ4n) is 2.65. The van der Waals surface area contributed by atoms with Crippen molar-refractivity contribution >= 4 is 23.3 Å². The van der Waals surface area contributed by atoms with Crippen LogP contribution >= 0.6 is 11.6 Å². The van der Waals surface area contributed by atoms with Gasteiger partial charge < -0.3 is 25.0 Å². The number of halogens is 1. The van der Waals surface area contributed by atoms with Gasteiger partial charge in [-0.15, -0.1) is 0 Å². The fourth-order valence-corrected chi connectivity index (χ4v) is 2.84. The normalized spacial score (nSPS) is 13.6. The molecule has 2 aromatic rings. The number of benzene rings is 2. The molecule has 0 saturated carbocycles. The molecule has 132 valence electrons. The largest absolute Gasteiger partial charge is 0.454 e. The smallest absolute Gasteiger partial charge is 0.319 e. The molecule has 0 fully saturated rings. The van der Waals surface area contributed by atoms with Gasteiger partial charge in [-0.3, -0.25) is 0 Å². The fraction of sp³-hybridized carbons (Fsp3) is 0.278. The summed E-state index contributed by atoms with van der Waals surface area (Å²) in [7, 11) is 3.93. The first kappa shape index (κ1) is 17.4. The molecule has 1 unspecified atom stereocenters. The Morgan fingerprint density at radius 3 is 2.76 bits per heavy atom. The molecule has 2 amide bonds. The SMILES string of the molecule is CN(C)C(CNC(=O)Nc1cccc(Cl)c1)c1ccc2c(c1)OCO2. The minimum Gasteiger partial charge on any atom is -0.454 e. The van der Waals surface area contributed by atoms with Crippen molar-refractivity contribution in [1.82, 2.24) is 10.2 Å². The van der Waals surface area contributed by atoms with Gasteiger partial charge in [0.2, 0.25) is 6.79 Å². The Kier molecular flexibility index (Phi) is 5.31. The second kappa shape index (κ2) is 7.63. The first-order chi connectivity index (χ1) is 12.0. The van der Waals surface area contributed by atoms with E-state index < -0.39 is 0 Å². The molecule has 1 aliphatic heterocycles. The summed E-state index contributed by atoms with van der Waals surface area (Å²) < 4.78 is 10.8. The molecule has 1 atom stereocenters. The Hall–Kier alpha value is -2.44. The lowest BCUT2D eigenvalue weighted by Gasteiger charge is -2.25. The Morgan fingerprint density at radius 1 is 1.20 bits per heavy atom. The van der Waals surface area contributed by atoms with Crippen molar-refractivity contribution in [2.24, 2.45) is 0 Å². The summed E-state index contributed by atoms with van der Waals surface area (Å²) in [6.45, 7) is 0.685. The number of anilines is 1. The molecule has 0 aromatic heterocycles. The molecule has 1 aliphatic rings. The van der Waals surface area contributed by atoms with Gasteiger partial charge in [-0.1, -0.05) is 23.7 Å². The second-order valence-electron chi connectivity index (χ2n) is 5.94. The highest BCUT2D eigenvalue weighted by molar-refractivity contribution is 6.30. The summed E-state index contributed by atoms with van der Waals surface area (Å²) in [6, 6.07) is 12.6. The summed E-state index contributed by atoms with van der Waals surface area (Å²) in [5, 5.41) is 6.24. The van der Waals surface area contributed by atoms with Crippen LogP contribution in [-0.4, -0.2) is 38.4 Å². The molecule has 0 aliphatic carbocycles. The number of urea groups is 1. The number of likely N-dealkylation sites (N-methyl/N-ethyl adjacent to an activating group) is 1. The van der Waals surface area contributed by atoms with Crippen molar-refractivity contribution in [3.63, 3.8) is 0 Å². The van der Waals surface area contributed by atoms with Crippen molar-refractivity contribution in [3.8, 4) is 11.5 Å². The van der Waals surface area contributed by atoms with Crippen LogP contribution in [-0.2, 0) is 0 Å². The molecular formula is C18H20ClN3O3. The van der Waals surface area contributed by atoms with E-state index in [2.05, 4.69) is 10.6 Å². The van der Waals surface area contributed by atoms with Crippen LogP contribution in [0.25, 0.3) is 0 Å². The van der Waals surface area contributed by atoms with Crippen molar-refractivity contribution in [1.29, 1.82) is 0 Å². The first-order valence-electron chi connectivity index (χ1n) is 7.89. The molecule has 6 nitrogen and oxygen atoms in total. The Labute approximate surface area is 151 Å². The van der Waals surface area contributed by atoms with Crippen molar-refractivity contribution in [2.45, 2.75) is 6.04 Å². The number of carbonyl (C=O) groups is 1. The molecule has 0 spiro atoms. The molecule has 0 bridgehead atoms. The number of rotatable bonds is 5. The van der Waals surface area contributed by atoms with E-state index in [-0.39, 0.29) is 18.9 Å². The van der Waals surface area contributed by atoms with Crippen LogP contribution in [0.15, 0.2) is 42.5 Å². The van der Waals surface area contributed by atoms with Gasteiger partial charge in [0, 0.05) is 17.3 Å². The van der Waals surface area contributed by atoms with Crippen molar-refractivity contribution in [2.75, 3.05) is 32.7 Å². The monoisotopic (exact) mass is 361 g/mol. The molecule has 7 heteroatoms. The summed E-state index contributed by atoms with van der Waals surface area (Å²) in [6.07, 6.45) is 0. The van der Waals surface area contributed by atoms with Crippen LogP contribution in [0.3, 0.4) is 0 Å². The second-order valence-corrected chi connectivity index (χ2v) is 6.37. The number of nitrogens with zero attached hydrogens (tertiary/aromatic N) is 1. The zero-order valence-electron chi connectivity index (χ0n) is 14.1. The van der Waals surface area contributed by atoms with Gasteiger partial charge in [-0.25, -0.2) is 4.79 Å². The first-order valence-corrected chi connectivity index (χ1v) is 8.27. The van der Waals surface area contributed by atoms with E-state index in [9.17, 15) is 4.79 Å². The van der Waals surface area contributed by atoms with Gasteiger partial charge in [-0.05, 0) is 50.0 Å². The molecule has 2 aromatic carbocycles. The average molecular weight is 362 g/mol. The van der Waals surface area contributed by atoms with Crippen LogP contribution in [0.5, 0.6) is 11.5 Å². The zero-order chi connectivity index (χ0) is 17.8. The summed E-state index contributed by atoms with van der Waals surface area (Å²) in [5.41, 5.74) is 1.69. The highest BCUT2D eigenvalue weighted by atomic mass is 35.5. The van der Waals surface area contributed by atoms with Crippen LogP contribution in [0.2, 0.25) is 5.02 Å². The van der Waals surface area contributed by atoms with Gasteiger partial charge in [-0.2, -0.15) is 0 Å². The molecule has 0 saturated heterocycles. The van der Waals surface area contributed by atoms with Gasteiger partial charge in [0.15, 0.2) is 11.5 Å². The minimum atomic E-state index is -0.283. The number of nitrogens with one attached hydrogen (secondary N) is 2. The summed E-state index contributed by atoms with van der Waals surface area (Å²) >= 11 is 5.92. The van der Waals surface area contributed by atoms with Crippen molar-refractivity contribution < 1.29 is 14.3 Å². The Bertz CT molecular complexity index is 767. The maximum Gasteiger partial charge on any atom is 0.319 e. The molecule has 0 radical (unpaired) electrons. The van der Waals surface area contributed by atoms with Gasteiger partial charge in [0.1, 0.15) is 0 Å². The highest BCUT2D eigenvalue weighted by Crippen LogP contribution is 2.34. The predicted molar refractivity (Wildman–Crippen MR) is 97.5 cm³/mol. The van der Waals surface area contributed by atoms with E-state index in [1.54, 1.807) is 24.3 Å². The Morgan fingerprint density at radius 2 is 2.00 bits per heavy atom. The van der Waals surface area contributed by atoms with Crippen LogP contribution in [0, 0.1) is 0 Å². The number of amides is 2. The van der Waals surface area contributed by atoms with Gasteiger partial charge >= 0.3 is 6.03 Å². The molecule has 1 heterocycles. The number of ether oxygens (including phenoxy) is 2. The average Bonchev–Trinajstić information content (AvgIpc) is 3.02. The van der Waals surface area contributed by atoms with E-state index in [1.165, 1.54) is 0 Å². The van der Waals surface area contributed by atoms with E-state index in [4.69, 9.17) is 21.1 Å². The quantitative estimate of drug-likeness (QED) is 0.855. The summed E-state index contributed by atoms with van der Waals surface area (Å²) in [4.78, 5) is 14.2.